The number of hydrogen-bond acceptors (Lipinski definition) is 5. The minimum Gasteiger partial charge on any atom is -0.465 e. The number of aliphatic hydroxyl groups excluding tert-OH is 2. The monoisotopic (exact) mass is 259 g/mol. The lowest BCUT2D eigenvalue weighted by molar-refractivity contribution is 0.0144. The summed E-state index contributed by atoms with van der Waals surface area (Å²) in [5.41, 5.74) is 0.575. The van der Waals surface area contributed by atoms with Gasteiger partial charge in [-0.25, -0.2) is 4.79 Å². The maximum Gasteiger partial charge on any atom is 0.339 e. The fraction of sp³-hybridized carbons (Fsp3) is 0.455. The van der Waals surface area contributed by atoms with Crippen LogP contribution in [-0.4, -0.2) is 40.3 Å². The van der Waals surface area contributed by atoms with Crippen molar-refractivity contribution in [3.63, 3.8) is 0 Å². The number of aliphatic hydroxyl groups is 2. The normalized spacial score (nSPS) is 14.1. The summed E-state index contributed by atoms with van der Waals surface area (Å²) in [6.07, 6.45) is -0.523. The Morgan fingerprint density at radius 3 is 2.71 bits per heavy atom. The molecule has 5 nitrogen and oxygen atoms in total. The standard InChI is InChI=1S/C11H14ClNO4/c1-17-11(16)7-2-3-8(13-6-7)10(15)9(14)4-5-12/h2-3,6,9-10,14-15H,4-5H2,1H3. The van der Waals surface area contributed by atoms with Crippen LogP contribution in [0.15, 0.2) is 18.3 Å². The van der Waals surface area contributed by atoms with E-state index in [0.717, 1.165) is 0 Å². The number of nitrogens with zero attached hydrogens (tertiary/aromatic N) is 1. The van der Waals surface area contributed by atoms with Crippen LogP contribution in [0.2, 0.25) is 0 Å². The second kappa shape index (κ2) is 6.54. The number of aromatic nitrogens is 1. The molecule has 0 saturated heterocycles. The van der Waals surface area contributed by atoms with Crippen LogP contribution in [0.25, 0.3) is 0 Å². The number of esters is 1. The van der Waals surface area contributed by atoms with Gasteiger partial charge in [0, 0.05) is 12.1 Å². The predicted octanol–water partition coefficient (Wildman–Crippen LogP) is 0.891. The van der Waals surface area contributed by atoms with Crippen LogP contribution in [-0.2, 0) is 4.74 Å². The summed E-state index contributed by atoms with van der Waals surface area (Å²) < 4.78 is 4.51. The summed E-state index contributed by atoms with van der Waals surface area (Å²) in [5.74, 6) is -0.252. The Balaban J connectivity index is 2.76. The minimum absolute atomic E-state index is 0.248. The highest BCUT2D eigenvalue weighted by molar-refractivity contribution is 6.17. The zero-order valence-electron chi connectivity index (χ0n) is 9.34. The third kappa shape index (κ3) is 3.66. The minimum atomic E-state index is -1.11. The van der Waals surface area contributed by atoms with E-state index in [2.05, 4.69) is 9.72 Å². The number of pyridine rings is 1. The lowest BCUT2D eigenvalue weighted by Gasteiger charge is -2.16. The molecule has 6 heteroatoms. The number of methoxy groups -OCH3 is 1. The largest absolute Gasteiger partial charge is 0.465 e. The first-order chi connectivity index (χ1) is 8.10. The van der Waals surface area contributed by atoms with Gasteiger partial charge in [-0.15, -0.1) is 11.6 Å². The lowest BCUT2D eigenvalue weighted by atomic mass is 10.1. The molecule has 2 atom stereocenters. The van der Waals surface area contributed by atoms with Crippen molar-refractivity contribution in [2.45, 2.75) is 18.6 Å². The van der Waals surface area contributed by atoms with Gasteiger partial charge in [0.25, 0.3) is 0 Å². The lowest BCUT2D eigenvalue weighted by Crippen LogP contribution is -2.19. The number of ether oxygens (including phenoxy) is 1. The maximum atomic E-state index is 11.1. The number of alkyl halides is 1. The highest BCUT2D eigenvalue weighted by Gasteiger charge is 2.19. The number of hydrogen-bond donors (Lipinski definition) is 2. The summed E-state index contributed by atoms with van der Waals surface area (Å²) >= 11 is 5.46. The van der Waals surface area contributed by atoms with Crippen LogP contribution in [0.3, 0.4) is 0 Å². The van der Waals surface area contributed by atoms with Crippen LogP contribution in [0, 0.1) is 0 Å². The highest BCUT2D eigenvalue weighted by Crippen LogP contribution is 2.17. The average Bonchev–Trinajstić information content (AvgIpc) is 2.37. The SMILES string of the molecule is COC(=O)c1ccc(C(O)C(O)CCCl)nc1. The molecular weight excluding hydrogens is 246 g/mol. The zero-order valence-corrected chi connectivity index (χ0v) is 10.1. The van der Waals surface area contributed by atoms with Gasteiger partial charge in [0.05, 0.1) is 24.5 Å². The molecule has 0 fully saturated rings. The summed E-state index contributed by atoms with van der Waals surface area (Å²) in [6, 6.07) is 2.94. The predicted molar refractivity (Wildman–Crippen MR) is 61.9 cm³/mol. The smallest absolute Gasteiger partial charge is 0.339 e. The molecule has 2 N–H and O–H groups in total. The van der Waals surface area contributed by atoms with Crippen LogP contribution >= 0.6 is 11.6 Å². The molecule has 0 aromatic carbocycles. The van der Waals surface area contributed by atoms with Gasteiger partial charge in [0.2, 0.25) is 0 Å². The molecule has 0 saturated carbocycles. The van der Waals surface area contributed by atoms with E-state index in [1.165, 1.54) is 25.4 Å². The quantitative estimate of drug-likeness (QED) is 0.606. The van der Waals surface area contributed by atoms with E-state index in [9.17, 15) is 15.0 Å². The summed E-state index contributed by atoms with van der Waals surface area (Å²) in [5, 5.41) is 19.2. The second-order valence-electron chi connectivity index (χ2n) is 3.45. The molecule has 0 amide bonds. The van der Waals surface area contributed by atoms with Crippen molar-refractivity contribution < 1.29 is 19.7 Å². The van der Waals surface area contributed by atoms with Crippen LogP contribution in [0.4, 0.5) is 0 Å². The molecule has 0 spiro atoms. The van der Waals surface area contributed by atoms with Crippen molar-refractivity contribution in [1.82, 2.24) is 4.98 Å². The fourth-order valence-corrected chi connectivity index (χ4v) is 1.51. The first kappa shape index (κ1) is 13.9. The van der Waals surface area contributed by atoms with Crippen molar-refractivity contribution >= 4 is 17.6 Å². The Hall–Kier alpha value is -1.17. The van der Waals surface area contributed by atoms with Gasteiger partial charge in [0.1, 0.15) is 6.10 Å². The molecule has 0 aliphatic carbocycles. The Bertz CT molecular complexity index is 368. The summed E-state index contributed by atoms with van der Waals surface area (Å²) in [7, 11) is 1.27. The molecule has 94 valence electrons. The van der Waals surface area contributed by atoms with Gasteiger partial charge in [-0.1, -0.05) is 0 Å². The summed E-state index contributed by atoms with van der Waals surface area (Å²) in [4.78, 5) is 15.0. The van der Waals surface area contributed by atoms with Crippen molar-refractivity contribution in [1.29, 1.82) is 0 Å². The van der Waals surface area contributed by atoms with Crippen LogP contribution < -0.4 is 0 Å². The first-order valence-electron chi connectivity index (χ1n) is 5.06. The Morgan fingerprint density at radius 1 is 1.53 bits per heavy atom. The molecule has 0 radical (unpaired) electrons. The van der Waals surface area contributed by atoms with E-state index in [1.807, 2.05) is 0 Å². The van der Waals surface area contributed by atoms with Crippen molar-refractivity contribution in [3.05, 3.63) is 29.6 Å². The van der Waals surface area contributed by atoms with Gasteiger partial charge in [-0.3, -0.25) is 4.98 Å². The third-order valence-electron chi connectivity index (χ3n) is 2.28. The zero-order chi connectivity index (χ0) is 12.8. The van der Waals surface area contributed by atoms with Crippen molar-refractivity contribution in [2.24, 2.45) is 0 Å². The first-order valence-corrected chi connectivity index (χ1v) is 5.60. The van der Waals surface area contributed by atoms with Gasteiger partial charge in [-0.05, 0) is 18.6 Å². The topological polar surface area (TPSA) is 79.7 Å². The van der Waals surface area contributed by atoms with Gasteiger partial charge < -0.3 is 14.9 Å². The van der Waals surface area contributed by atoms with E-state index >= 15 is 0 Å². The van der Waals surface area contributed by atoms with E-state index in [-0.39, 0.29) is 23.6 Å². The Kier molecular flexibility index (Phi) is 5.34. The van der Waals surface area contributed by atoms with E-state index in [4.69, 9.17) is 11.6 Å². The molecule has 17 heavy (non-hydrogen) atoms. The maximum absolute atomic E-state index is 11.1. The number of carbonyl (C=O) groups excluding carboxylic acids is 1. The molecule has 0 aliphatic rings. The van der Waals surface area contributed by atoms with Gasteiger partial charge >= 0.3 is 5.97 Å². The third-order valence-corrected chi connectivity index (χ3v) is 2.50. The average molecular weight is 260 g/mol. The van der Waals surface area contributed by atoms with E-state index in [0.29, 0.717) is 0 Å². The van der Waals surface area contributed by atoms with Crippen molar-refractivity contribution in [3.8, 4) is 0 Å². The highest BCUT2D eigenvalue weighted by atomic mass is 35.5. The van der Waals surface area contributed by atoms with E-state index < -0.39 is 18.2 Å². The van der Waals surface area contributed by atoms with Crippen LogP contribution in [0.1, 0.15) is 28.6 Å². The molecule has 1 heterocycles. The number of carbonyl (C=O) groups is 1. The molecule has 1 rings (SSSR count). The summed E-state index contributed by atoms with van der Waals surface area (Å²) in [6.45, 7) is 0. The number of rotatable bonds is 5. The Morgan fingerprint density at radius 2 is 2.24 bits per heavy atom. The van der Waals surface area contributed by atoms with Crippen LogP contribution in [0.5, 0.6) is 0 Å². The molecule has 0 aliphatic heterocycles. The van der Waals surface area contributed by atoms with E-state index in [1.54, 1.807) is 0 Å². The fourth-order valence-electron chi connectivity index (χ4n) is 1.29. The Labute approximate surface area is 104 Å². The molecule has 0 bridgehead atoms. The second-order valence-corrected chi connectivity index (χ2v) is 3.83. The molecule has 1 aromatic rings. The number of halogens is 1. The van der Waals surface area contributed by atoms with Gasteiger partial charge in [0.15, 0.2) is 0 Å². The molecule has 2 unspecified atom stereocenters. The van der Waals surface area contributed by atoms with Crippen molar-refractivity contribution in [2.75, 3.05) is 13.0 Å². The molecular formula is C11H14ClNO4. The molecule has 1 aromatic heterocycles. The van der Waals surface area contributed by atoms with Gasteiger partial charge in [-0.2, -0.15) is 0 Å².